The lowest BCUT2D eigenvalue weighted by Gasteiger charge is -2.09. The highest BCUT2D eigenvalue weighted by molar-refractivity contribution is 6.17. The van der Waals surface area contributed by atoms with E-state index in [1.54, 1.807) is 12.1 Å². The summed E-state index contributed by atoms with van der Waals surface area (Å²) in [6, 6.07) is 6.81. The van der Waals surface area contributed by atoms with Crippen LogP contribution in [0, 0.1) is 5.82 Å². The third-order valence-corrected chi connectivity index (χ3v) is 3.23. The molecular weight excluding hydrogens is 297 g/mol. The standard InChI is InChI=1S/C9H12FN.C8H15Cl.C2H6/c1-7(11-2)8-3-5-9(10)6-4-8;1-2-3-4-5-6-7-8-9;1-2/h3-7,11H,1-2H3;3-4H,2,5-8H2,1H3;1-2H3/b;4-3+;. The van der Waals surface area contributed by atoms with E-state index in [0.717, 1.165) is 24.3 Å². The van der Waals surface area contributed by atoms with E-state index in [4.69, 9.17) is 11.6 Å². The van der Waals surface area contributed by atoms with Crippen molar-refractivity contribution in [3.63, 3.8) is 0 Å². The Hall–Kier alpha value is -0.860. The highest BCUT2D eigenvalue weighted by Crippen LogP contribution is 2.11. The predicted octanol–water partition coefficient (Wildman–Crippen LogP) is 6.49. The molecule has 22 heavy (non-hydrogen) atoms. The lowest BCUT2D eigenvalue weighted by molar-refractivity contribution is 0.619. The fraction of sp³-hybridized carbons (Fsp3) is 0.579. The molecule has 3 heteroatoms. The maximum absolute atomic E-state index is 12.4. The molecule has 1 N–H and O–H groups in total. The van der Waals surface area contributed by atoms with Crippen LogP contribution in [0.15, 0.2) is 36.4 Å². The molecule has 0 aliphatic carbocycles. The zero-order chi connectivity index (χ0) is 17.2. The Labute approximate surface area is 142 Å². The fourth-order valence-electron chi connectivity index (χ4n) is 1.56. The van der Waals surface area contributed by atoms with E-state index >= 15 is 0 Å². The van der Waals surface area contributed by atoms with Crippen molar-refractivity contribution in [2.75, 3.05) is 12.9 Å². The van der Waals surface area contributed by atoms with Gasteiger partial charge in [0.1, 0.15) is 5.82 Å². The number of allylic oxidation sites excluding steroid dienone is 2. The molecule has 0 bridgehead atoms. The van der Waals surface area contributed by atoms with E-state index in [9.17, 15) is 4.39 Å². The average molecular weight is 330 g/mol. The molecule has 1 nitrogen and oxygen atoms in total. The molecule has 0 aliphatic heterocycles. The molecule has 0 amide bonds. The van der Waals surface area contributed by atoms with Gasteiger partial charge in [-0.25, -0.2) is 4.39 Å². The Morgan fingerprint density at radius 3 is 2.18 bits per heavy atom. The largest absolute Gasteiger partial charge is 0.313 e. The number of rotatable bonds is 7. The lowest BCUT2D eigenvalue weighted by Crippen LogP contribution is -2.11. The van der Waals surface area contributed by atoms with E-state index in [-0.39, 0.29) is 11.9 Å². The molecule has 0 aliphatic rings. The second kappa shape index (κ2) is 18.2. The number of benzene rings is 1. The number of nitrogens with one attached hydrogen (secondary N) is 1. The van der Waals surface area contributed by atoms with Crippen molar-refractivity contribution in [3.05, 3.63) is 47.8 Å². The topological polar surface area (TPSA) is 12.0 Å². The molecule has 1 unspecified atom stereocenters. The summed E-state index contributed by atoms with van der Waals surface area (Å²) in [7, 11) is 1.88. The van der Waals surface area contributed by atoms with Gasteiger partial charge in [-0.3, -0.25) is 0 Å². The molecule has 0 fully saturated rings. The van der Waals surface area contributed by atoms with Crippen LogP contribution in [0.2, 0.25) is 0 Å². The first-order valence-electron chi connectivity index (χ1n) is 8.29. The lowest BCUT2D eigenvalue weighted by atomic mass is 10.1. The molecule has 0 radical (unpaired) electrons. The van der Waals surface area contributed by atoms with E-state index in [1.807, 2.05) is 27.8 Å². The Morgan fingerprint density at radius 2 is 1.73 bits per heavy atom. The summed E-state index contributed by atoms with van der Waals surface area (Å²) in [4.78, 5) is 0. The molecule has 1 aromatic carbocycles. The van der Waals surface area contributed by atoms with Gasteiger partial charge in [0.2, 0.25) is 0 Å². The molecule has 1 aromatic rings. The monoisotopic (exact) mass is 329 g/mol. The summed E-state index contributed by atoms with van der Waals surface area (Å²) in [5.41, 5.74) is 1.11. The van der Waals surface area contributed by atoms with Crippen LogP contribution >= 0.6 is 11.6 Å². The first-order valence-corrected chi connectivity index (χ1v) is 8.82. The number of alkyl halides is 1. The van der Waals surface area contributed by atoms with Crippen LogP contribution in [-0.4, -0.2) is 12.9 Å². The minimum absolute atomic E-state index is 0.183. The van der Waals surface area contributed by atoms with E-state index < -0.39 is 0 Å². The summed E-state index contributed by atoms with van der Waals surface area (Å²) in [5, 5.41) is 3.08. The third kappa shape index (κ3) is 14.1. The average Bonchev–Trinajstić information content (AvgIpc) is 2.57. The zero-order valence-corrected chi connectivity index (χ0v) is 15.6. The fourth-order valence-corrected chi connectivity index (χ4v) is 1.75. The maximum Gasteiger partial charge on any atom is 0.123 e. The van der Waals surface area contributed by atoms with Crippen molar-refractivity contribution >= 4 is 11.6 Å². The van der Waals surface area contributed by atoms with Gasteiger partial charge < -0.3 is 5.32 Å². The summed E-state index contributed by atoms with van der Waals surface area (Å²) in [6.45, 7) is 8.19. The Morgan fingerprint density at radius 1 is 1.14 bits per heavy atom. The van der Waals surface area contributed by atoms with Crippen molar-refractivity contribution in [1.82, 2.24) is 5.32 Å². The summed E-state index contributed by atoms with van der Waals surface area (Å²) < 4.78 is 12.4. The van der Waals surface area contributed by atoms with Crippen molar-refractivity contribution < 1.29 is 4.39 Å². The van der Waals surface area contributed by atoms with Gasteiger partial charge in [-0.1, -0.05) is 45.1 Å². The Bertz CT molecular complexity index is 349. The molecule has 0 saturated carbocycles. The zero-order valence-electron chi connectivity index (χ0n) is 14.8. The van der Waals surface area contributed by atoms with Gasteiger partial charge >= 0.3 is 0 Å². The number of hydrogen-bond acceptors (Lipinski definition) is 1. The third-order valence-electron chi connectivity index (χ3n) is 2.96. The van der Waals surface area contributed by atoms with Gasteiger partial charge in [0.05, 0.1) is 0 Å². The summed E-state index contributed by atoms with van der Waals surface area (Å²) >= 11 is 5.49. The van der Waals surface area contributed by atoms with E-state index in [2.05, 4.69) is 24.4 Å². The predicted molar refractivity (Wildman–Crippen MR) is 99.2 cm³/mol. The summed E-state index contributed by atoms with van der Waals surface area (Å²) in [6.07, 6.45) is 9.16. The minimum Gasteiger partial charge on any atom is -0.313 e. The van der Waals surface area contributed by atoms with Gasteiger partial charge in [0, 0.05) is 11.9 Å². The van der Waals surface area contributed by atoms with Crippen molar-refractivity contribution in [3.8, 4) is 0 Å². The molecule has 0 aromatic heterocycles. The Kier molecular flexibility index (Phi) is 19.4. The highest BCUT2D eigenvalue weighted by Gasteiger charge is 2.00. The first-order chi connectivity index (χ1) is 10.7. The number of hydrogen-bond donors (Lipinski definition) is 1. The van der Waals surface area contributed by atoms with Crippen LogP contribution in [0.3, 0.4) is 0 Å². The van der Waals surface area contributed by atoms with Crippen LogP contribution in [0.5, 0.6) is 0 Å². The molecule has 128 valence electrons. The van der Waals surface area contributed by atoms with Gasteiger partial charge in [-0.05, 0) is 57.4 Å². The van der Waals surface area contributed by atoms with Crippen molar-refractivity contribution in [2.24, 2.45) is 0 Å². The second-order valence-electron chi connectivity index (χ2n) is 4.63. The summed E-state index contributed by atoms with van der Waals surface area (Å²) in [5.74, 6) is 0.622. The SMILES string of the molecule is CC.CC/C=C/CCCCCl.CNC(C)c1ccc(F)cc1. The maximum atomic E-state index is 12.4. The van der Waals surface area contributed by atoms with Crippen LogP contribution in [0.25, 0.3) is 0 Å². The van der Waals surface area contributed by atoms with Gasteiger partial charge in [-0.15, -0.1) is 11.6 Å². The van der Waals surface area contributed by atoms with Crippen molar-refractivity contribution in [2.45, 2.75) is 59.4 Å². The van der Waals surface area contributed by atoms with Crippen LogP contribution in [0.4, 0.5) is 4.39 Å². The van der Waals surface area contributed by atoms with Crippen LogP contribution < -0.4 is 5.32 Å². The first kappa shape index (κ1) is 23.4. The van der Waals surface area contributed by atoms with Gasteiger partial charge in [0.25, 0.3) is 0 Å². The number of halogens is 2. The molecule has 1 atom stereocenters. The number of unbranched alkanes of at least 4 members (excludes halogenated alkanes) is 2. The molecule has 1 rings (SSSR count). The van der Waals surface area contributed by atoms with Gasteiger partial charge in [0.15, 0.2) is 0 Å². The van der Waals surface area contributed by atoms with Crippen LogP contribution in [-0.2, 0) is 0 Å². The highest BCUT2D eigenvalue weighted by atomic mass is 35.5. The van der Waals surface area contributed by atoms with Crippen LogP contribution in [0.1, 0.15) is 65.0 Å². The molecular formula is C19H33ClFN. The van der Waals surface area contributed by atoms with Gasteiger partial charge in [-0.2, -0.15) is 0 Å². The normalized spacial score (nSPS) is 11.2. The van der Waals surface area contributed by atoms with E-state index in [1.165, 1.54) is 25.0 Å². The molecule has 0 heterocycles. The smallest absolute Gasteiger partial charge is 0.123 e. The molecule has 0 saturated heterocycles. The second-order valence-corrected chi connectivity index (χ2v) is 5.00. The molecule has 0 spiro atoms. The Balaban J connectivity index is 0. The van der Waals surface area contributed by atoms with Crippen molar-refractivity contribution in [1.29, 1.82) is 0 Å². The quantitative estimate of drug-likeness (QED) is 0.342. The minimum atomic E-state index is -0.183. The van der Waals surface area contributed by atoms with E-state index in [0.29, 0.717) is 0 Å².